The fourth-order valence-corrected chi connectivity index (χ4v) is 13.3. The summed E-state index contributed by atoms with van der Waals surface area (Å²) < 4.78 is 0. The molecule has 44 heavy (non-hydrogen) atoms. The summed E-state index contributed by atoms with van der Waals surface area (Å²) in [5, 5.41) is 0. The van der Waals surface area contributed by atoms with E-state index in [4.69, 9.17) is 0 Å². The molecule has 0 aromatic rings. The van der Waals surface area contributed by atoms with Crippen molar-refractivity contribution in [2.45, 2.75) is 252 Å². The molecule has 0 spiro atoms. The number of unbranched alkanes of at least 4 members (excludes halogenated alkanes) is 31. The maximum absolute atomic E-state index is 2.35. The summed E-state index contributed by atoms with van der Waals surface area (Å²) in [7, 11) is -1.13. The zero-order valence-electron chi connectivity index (χ0n) is 32.1. The van der Waals surface area contributed by atoms with E-state index >= 15 is 0 Å². The Morgan fingerprint density at radius 2 is 0.318 bits per heavy atom. The van der Waals surface area contributed by atoms with Gasteiger partial charge in [0.1, 0.15) is 0 Å². The van der Waals surface area contributed by atoms with Crippen LogP contribution in [0.25, 0.3) is 0 Å². The molecule has 0 N–H and O–H groups in total. The maximum atomic E-state index is 2.35. The van der Waals surface area contributed by atoms with Crippen molar-refractivity contribution in [1.29, 1.82) is 0 Å². The molecule has 0 radical (unpaired) electrons. The molecule has 0 atom stereocenters. The molecule has 0 saturated carbocycles. The molecule has 0 aromatic carbocycles. The Morgan fingerprint density at radius 3 is 0.477 bits per heavy atom. The van der Waals surface area contributed by atoms with E-state index in [0.717, 1.165) is 0 Å². The average molecular weight is 639 g/mol. The summed E-state index contributed by atoms with van der Waals surface area (Å²) in [6, 6.07) is 0. The van der Waals surface area contributed by atoms with Crippen molar-refractivity contribution >= 4 is 7.26 Å². The summed E-state index contributed by atoms with van der Waals surface area (Å²) in [4.78, 5) is 0. The van der Waals surface area contributed by atoms with Gasteiger partial charge in [0.2, 0.25) is 0 Å². The van der Waals surface area contributed by atoms with E-state index in [2.05, 4.69) is 27.7 Å². The molecule has 1 heteroatoms. The van der Waals surface area contributed by atoms with Gasteiger partial charge in [0, 0.05) is 0 Å². The van der Waals surface area contributed by atoms with Gasteiger partial charge in [-0.2, -0.15) is 0 Å². The van der Waals surface area contributed by atoms with Gasteiger partial charge in [0.05, 0.1) is 0 Å². The van der Waals surface area contributed by atoms with Gasteiger partial charge >= 0.3 is 284 Å². The molecule has 0 bridgehead atoms. The summed E-state index contributed by atoms with van der Waals surface area (Å²) >= 11 is 0. The van der Waals surface area contributed by atoms with Gasteiger partial charge in [-0.25, -0.2) is 0 Å². The Hall–Kier alpha value is 0.430. The number of hydrogen-bond donors (Lipinski definition) is 0. The molecule has 268 valence electrons. The van der Waals surface area contributed by atoms with Crippen LogP contribution in [0.4, 0.5) is 0 Å². The molecule has 0 aromatic heterocycles. The van der Waals surface area contributed by atoms with E-state index in [1.54, 1.807) is 50.3 Å². The van der Waals surface area contributed by atoms with E-state index < -0.39 is 7.26 Å². The van der Waals surface area contributed by atoms with Gasteiger partial charge in [-0.1, -0.05) is 0 Å². The zero-order valence-corrected chi connectivity index (χ0v) is 33.1. The monoisotopic (exact) mass is 639 g/mol. The van der Waals surface area contributed by atoms with Crippen LogP contribution in [0.3, 0.4) is 0 Å². The van der Waals surface area contributed by atoms with Crippen molar-refractivity contribution in [2.24, 2.45) is 0 Å². The second kappa shape index (κ2) is 37.9. The first-order valence-electron chi connectivity index (χ1n) is 21.7. The third-order valence-electron chi connectivity index (χ3n) is 11.0. The molecule has 0 aliphatic carbocycles. The summed E-state index contributed by atoms with van der Waals surface area (Å²) in [5.74, 6) is 0. The summed E-state index contributed by atoms with van der Waals surface area (Å²) in [6.07, 6.45) is 59.0. The zero-order chi connectivity index (χ0) is 32.1. The Bertz CT molecular complexity index is 444. The molecule has 0 aliphatic rings. The first kappa shape index (κ1) is 44.4. The first-order chi connectivity index (χ1) is 21.7. The Morgan fingerprint density at radius 1 is 0.182 bits per heavy atom. The van der Waals surface area contributed by atoms with Crippen LogP contribution in [0.15, 0.2) is 0 Å². The van der Waals surface area contributed by atoms with Crippen molar-refractivity contribution in [3.8, 4) is 0 Å². The van der Waals surface area contributed by atoms with Gasteiger partial charge < -0.3 is 0 Å². The molecular formula is C43H91P. The van der Waals surface area contributed by atoms with Crippen LogP contribution < -0.4 is 0 Å². The summed E-state index contributed by atoms with van der Waals surface area (Å²) in [6.45, 7) is 9.37. The van der Waals surface area contributed by atoms with Crippen LogP contribution in [-0.4, -0.2) is 24.6 Å². The Balaban J connectivity index is 4.83. The van der Waals surface area contributed by atoms with Gasteiger partial charge in [0.25, 0.3) is 0 Å². The third-order valence-corrected chi connectivity index (χ3v) is 16.6. The van der Waals surface area contributed by atoms with Crippen LogP contribution >= 0.6 is 7.26 Å². The predicted molar refractivity (Wildman–Crippen MR) is 212 cm³/mol. The minimum atomic E-state index is -1.13. The van der Waals surface area contributed by atoms with Crippen LogP contribution in [0, 0.1) is 0 Å². The normalized spacial score (nSPS) is 12.4. The molecule has 0 nitrogen and oxygen atoms in total. The van der Waals surface area contributed by atoms with Gasteiger partial charge in [-0.3, -0.25) is 0 Å². The van der Waals surface area contributed by atoms with E-state index in [0.29, 0.717) is 0 Å². The minimum absolute atomic E-state index is 1.13. The standard InChI is InChI=1S/C43H91P/c1-5-9-13-17-21-25-29-33-37-41-44(40-36-32-28-24-20-16-12-8-4,42-38-34-30-26-22-18-14-10-6-2)43-39-35-31-27-23-19-15-11-7-3/h44H,5-43H2,1-4H3. The SMILES string of the molecule is CCCCCCCCCCC[PH](CCCCCCCCCC)(CCCCCCCCCCC)CCCCCCCCCCC. The van der Waals surface area contributed by atoms with Crippen LogP contribution in [0.2, 0.25) is 0 Å². The van der Waals surface area contributed by atoms with Crippen LogP contribution in [-0.2, 0) is 0 Å². The second-order valence-corrected chi connectivity index (χ2v) is 20.5. The summed E-state index contributed by atoms with van der Waals surface area (Å²) in [5.41, 5.74) is 0. The van der Waals surface area contributed by atoms with Crippen molar-refractivity contribution in [3.05, 3.63) is 0 Å². The van der Waals surface area contributed by atoms with E-state index in [1.807, 2.05) is 0 Å². The van der Waals surface area contributed by atoms with Gasteiger partial charge in [-0.15, -0.1) is 0 Å². The van der Waals surface area contributed by atoms with Crippen molar-refractivity contribution in [3.63, 3.8) is 0 Å². The third kappa shape index (κ3) is 32.4. The fraction of sp³-hybridized carbons (Fsp3) is 1.00. The number of rotatable bonds is 39. The quantitative estimate of drug-likeness (QED) is 0.0464. The molecule has 0 rings (SSSR count). The molecule has 0 heterocycles. The Kier molecular flexibility index (Phi) is 38.3. The topological polar surface area (TPSA) is 0 Å². The van der Waals surface area contributed by atoms with Crippen LogP contribution in [0.5, 0.6) is 0 Å². The number of hydrogen-bond acceptors (Lipinski definition) is 0. The van der Waals surface area contributed by atoms with Crippen LogP contribution in [0.1, 0.15) is 252 Å². The molecule has 0 saturated heterocycles. The van der Waals surface area contributed by atoms with Crippen molar-refractivity contribution in [2.75, 3.05) is 24.6 Å². The predicted octanol–water partition coefficient (Wildman–Crippen LogP) is 16.5. The molecule has 0 amide bonds. The molecule has 0 unspecified atom stereocenters. The van der Waals surface area contributed by atoms with Crippen molar-refractivity contribution < 1.29 is 0 Å². The van der Waals surface area contributed by atoms with E-state index in [1.165, 1.54) is 199 Å². The van der Waals surface area contributed by atoms with E-state index in [9.17, 15) is 0 Å². The molecular weight excluding hydrogens is 547 g/mol. The average Bonchev–Trinajstić information content (AvgIpc) is 3.03. The fourth-order valence-electron chi connectivity index (χ4n) is 7.82. The van der Waals surface area contributed by atoms with Gasteiger partial charge in [-0.05, 0) is 0 Å². The first-order valence-corrected chi connectivity index (χ1v) is 24.6. The van der Waals surface area contributed by atoms with Crippen molar-refractivity contribution in [1.82, 2.24) is 0 Å². The molecule has 0 fully saturated rings. The second-order valence-electron chi connectivity index (χ2n) is 15.5. The van der Waals surface area contributed by atoms with Gasteiger partial charge in [0.15, 0.2) is 0 Å². The molecule has 0 aliphatic heterocycles. The Labute approximate surface area is 283 Å². The van der Waals surface area contributed by atoms with E-state index in [-0.39, 0.29) is 0 Å².